The van der Waals surface area contributed by atoms with Gasteiger partial charge in [0.1, 0.15) is 17.5 Å². The van der Waals surface area contributed by atoms with Crippen molar-refractivity contribution in [1.29, 1.82) is 0 Å². The summed E-state index contributed by atoms with van der Waals surface area (Å²) in [6.07, 6.45) is -0.233. The van der Waals surface area contributed by atoms with E-state index in [0.717, 1.165) is 27.6 Å². The number of thiazole rings is 1. The molecule has 2 aliphatic heterocycles. The van der Waals surface area contributed by atoms with Gasteiger partial charge in [-0.05, 0) is 82.9 Å². The smallest absolute Gasteiger partial charge is 0.407 e. The Kier molecular flexibility index (Phi) is 12.4. The monoisotopic (exact) mass is 798 g/mol. The maximum Gasteiger partial charge on any atom is 0.407 e. The van der Waals surface area contributed by atoms with Crippen molar-refractivity contribution < 1.29 is 50.2 Å². The van der Waals surface area contributed by atoms with E-state index in [4.69, 9.17) is 33.7 Å². The number of sulfonamides is 1. The largest absolute Gasteiger partial charge is 0.481 e. The van der Waals surface area contributed by atoms with Crippen LogP contribution < -0.4 is 15.8 Å². The number of nitrogens with one attached hydrogen (secondary N) is 1. The number of hydrogen-bond donors (Lipinski definition) is 2. The topological polar surface area (TPSA) is 178 Å². The second kappa shape index (κ2) is 16.5. The highest BCUT2D eigenvalue weighted by Gasteiger charge is 2.56. The zero-order valence-corrected chi connectivity index (χ0v) is 32.8. The van der Waals surface area contributed by atoms with Gasteiger partial charge in [-0.3, -0.25) is 4.57 Å². The van der Waals surface area contributed by atoms with Gasteiger partial charge in [-0.2, -0.15) is 4.31 Å². The van der Waals surface area contributed by atoms with Gasteiger partial charge in [-0.1, -0.05) is 23.5 Å². The summed E-state index contributed by atoms with van der Waals surface area (Å²) in [7, 11) is -7.61. The van der Waals surface area contributed by atoms with Crippen molar-refractivity contribution in [1.82, 2.24) is 14.6 Å². The first-order valence-electron chi connectivity index (χ1n) is 17.8. The fraction of sp³-hybridized carbons (Fsp3) is 0.600. The van der Waals surface area contributed by atoms with Crippen molar-refractivity contribution in [3.05, 3.63) is 48.0 Å². The summed E-state index contributed by atoms with van der Waals surface area (Å²) < 4.78 is 91.8. The highest BCUT2D eigenvalue weighted by Crippen LogP contribution is 2.50. The molecule has 53 heavy (non-hydrogen) atoms. The van der Waals surface area contributed by atoms with Crippen molar-refractivity contribution in [2.75, 3.05) is 51.6 Å². The fourth-order valence-corrected chi connectivity index (χ4v) is 11.1. The Balaban J connectivity index is 1.19. The van der Waals surface area contributed by atoms with Crippen LogP contribution in [0.15, 0.2) is 47.4 Å². The maximum atomic E-state index is 15.2. The van der Waals surface area contributed by atoms with Gasteiger partial charge in [0.15, 0.2) is 17.8 Å². The molecular formula is C35H48FN4O10PS2. The van der Waals surface area contributed by atoms with Gasteiger partial charge in [0.2, 0.25) is 10.0 Å². The van der Waals surface area contributed by atoms with E-state index in [9.17, 15) is 17.8 Å². The molecule has 1 aliphatic carbocycles. The van der Waals surface area contributed by atoms with Crippen LogP contribution in [0.1, 0.15) is 46.1 Å². The normalized spacial score (nSPS) is 23.4. The molecule has 1 saturated carbocycles. The Morgan fingerprint density at radius 1 is 1.13 bits per heavy atom. The Bertz CT molecular complexity index is 1880. The minimum Gasteiger partial charge on any atom is -0.481 e. The van der Waals surface area contributed by atoms with Crippen LogP contribution in [0, 0.1) is 17.8 Å². The summed E-state index contributed by atoms with van der Waals surface area (Å²) in [6.45, 7) is 6.88. The van der Waals surface area contributed by atoms with E-state index < -0.39 is 42.0 Å². The molecule has 1 amide bonds. The number of carbonyl (C=O) groups excluding carboxylic acids is 1. The van der Waals surface area contributed by atoms with Crippen molar-refractivity contribution in [2.24, 2.45) is 17.8 Å². The van der Waals surface area contributed by atoms with E-state index in [1.165, 1.54) is 26.0 Å². The van der Waals surface area contributed by atoms with Crippen molar-refractivity contribution in [3.8, 4) is 5.75 Å². The Morgan fingerprint density at radius 2 is 1.85 bits per heavy atom. The minimum atomic E-state index is -4.18. The molecule has 18 heteroatoms. The summed E-state index contributed by atoms with van der Waals surface area (Å²) in [5.41, 5.74) is 5.35. The molecule has 6 atom stereocenters. The fourth-order valence-electron chi connectivity index (χ4n) is 7.30. The molecule has 14 nitrogen and oxygen atoms in total. The third-order valence-corrected chi connectivity index (χ3v) is 14.0. The average Bonchev–Trinajstić information content (AvgIpc) is 3.76. The Hall–Kier alpha value is -2.89. The van der Waals surface area contributed by atoms with Crippen LogP contribution in [0.2, 0.25) is 0 Å². The van der Waals surface area contributed by atoms with Crippen LogP contribution >= 0.6 is 18.9 Å². The first kappa shape index (κ1) is 39.8. The summed E-state index contributed by atoms with van der Waals surface area (Å²) in [5.74, 6) is 0.735. The number of nitrogen functional groups attached to an aromatic ring is 1. The quantitative estimate of drug-likeness (QED) is 0.145. The Morgan fingerprint density at radius 3 is 2.55 bits per heavy atom. The molecule has 6 rings (SSSR count). The second-order valence-electron chi connectivity index (χ2n) is 14.2. The lowest BCUT2D eigenvalue weighted by atomic mass is 9.98. The van der Waals surface area contributed by atoms with Crippen LogP contribution in [-0.2, 0) is 44.3 Å². The zero-order chi connectivity index (χ0) is 38.0. The van der Waals surface area contributed by atoms with Crippen LogP contribution in [0.4, 0.5) is 14.3 Å². The summed E-state index contributed by atoms with van der Waals surface area (Å²) in [5, 5.41) is 3.28. The van der Waals surface area contributed by atoms with Crippen LogP contribution in [-0.4, -0.2) is 93.8 Å². The van der Waals surface area contributed by atoms with Crippen molar-refractivity contribution in [2.45, 2.75) is 76.0 Å². The number of nitrogens with two attached hydrogens (primary N) is 1. The first-order chi connectivity index (χ1) is 25.2. The van der Waals surface area contributed by atoms with Gasteiger partial charge >= 0.3 is 13.7 Å². The number of alkyl carbamates (subject to hydrolysis) is 1. The average molecular weight is 799 g/mol. The minimum absolute atomic E-state index is 0.0118. The Labute approximate surface area is 313 Å². The molecule has 5 unspecified atom stereocenters. The summed E-state index contributed by atoms with van der Waals surface area (Å²) in [6, 6.07) is 10.9. The van der Waals surface area contributed by atoms with E-state index >= 15 is 4.39 Å². The number of carbonyl (C=O) groups is 1. The predicted octanol–water partition coefficient (Wildman–Crippen LogP) is 5.95. The number of halogens is 1. The van der Waals surface area contributed by atoms with E-state index in [-0.39, 0.29) is 67.6 Å². The highest BCUT2D eigenvalue weighted by atomic mass is 32.2. The van der Waals surface area contributed by atoms with Crippen LogP contribution in [0.25, 0.3) is 10.2 Å². The summed E-state index contributed by atoms with van der Waals surface area (Å²) in [4.78, 5) is 17.7. The van der Waals surface area contributed by atoms with E-state index in [2.05, 4.69) is 10.3 Å². The van der Waals surface area contributed by atoms with E-state index in [1.807, 2.05) is 0 Å². The standard InChI is InChI=1S/C35H48FN4O10PS2/c1-5-48-51(42,49-6-2)21-47-25-9-7-22(8-10-25)15-24(38-34(41)50-31-23-16-27-28(31)19-46-32(27)45-18-23)13-14-40(20-35(3,4)36)53(43,44)26-11-12-29-30(17-26)52-33(37)39-29/h7-12,17,23-24,27-28,31-32H,5-6,13-16,18-21H2,1-4H3,(H2,37,39)(H,38,41)/t23?,24-,27?,28?,31?,32?/m1/s1. The number of nitrogens with zero attached hydrogens (tertiary/aromatic N) is 2. The number of anilines is 1. The third kappa shape index (κ3) is 9.68. The maximum absolute atomic E-state index is 15.2. The molecule has 0 spiro atoms. The number of hydrogen-bond acceptors (Lipinski definition) is 13. The molecule has 3 aromatic rings. The lowest BCUT2D eigenvalue weighted by Crippen LogP contribution is -2.45. The van der Waals surface area contributed by atoms with Gasteiger partial charge in [-0.25, -0.2) is 22.6 Å². The second-order valence-corrected chi connectivity index (χ2v) is 19.2. The highest BCUT2D eigenvalue weighted by molar-refractivity contribution is 7.89. The number of alkyl halides is 1. The van der Waals surface area contributed by atoms with Gasteiger partial charge in [0, 0.05) is 36.9 Å². The number of amides is 1. The molecule has 0 radical (unpaired) electrons. The van der Waals surface area contributed by atoms with Crippen molar-refractivity contribution in [3.63, 3.8) is 0 Å². The number of ether oxygens (including phenoxy) is 4. The van der Waals surface area contributed by atoms with Gasteiger partial charge in [-0.15, -0.1) is 0 Å². The van der Waals surface area contributed by atoms with Crippen LogP contribution in [0.5, 0.6) is 5.75 Å². The SMILES string of the molecule is CCOP(=O)(COc1ccc(C[C@@H](CCN(CC(C)(C)F)S(=O)(=O)c2ccc3nc(N)sc3c2)NC(=O)OC2C3COC4OCC2C4C3)cc1)OCC. The lowest BCUT2D eigenvalue weighted by molar-refractivity contribution is -0.169. The van der Waals surface area contributed by atoms with Crippen LogP contribution in [0.3, 0.4) is 0 Å². The summed E-state index contributed by atoms with van der Waals surface area (Å²) >= 11 is 1.16. The molecule has 2 bridgehead atoms. The van der Waals surface area contributed by atoms with Gasteiger partial charge in [0.25, 0.3) is 0 Å². The molecule has 292 valence electrons. The number of benzene rings is 2. The molecule has 3 heterocycles. The third-order valence-electron chi connectivity index (χ3n) is 9.59. The first-order valence-corrected chi connectivity index (χ1v) is 21.8. The van der Waals surface area contributed by atoms with Crippen molar-refractivity contribution >= 4 is 50.4 Å². The predicted molar refractivity (Wildman–Crippen MR) is 197 cm³/mol. The molecule has 2 saturated heterocycles. The lowest BCUT2D eigenvalue weighted by Gasteiger charge is -2.30. The molecule has 3 fully saturated rings. The number of fused-ring (bicyclic) bond motifs is 2. The zero-order valence-electron chi connectivity index (χ0n) is 30.3. The number of rotatable bonds is 18. The van der Waals surface area contributed by atoms with E-state index in [1.54, 1.807) is 44.2 Å². The van der Waals surface area contributed by atoms with Gasteiger partial charge < -0.3 is 39.0 Å². The molecular weight excluding hydrogens is 751 g/mol. The molecule has 1 aromatic heterocycles. The molecule has 3 aliphatic rings. The molecule has 3 N–H and O–H groups in total. The van der Waals surface area contributed by atoms with Gasteiger partial charge in [0.05, 0.1) is 41.5 Å². The van der Waals surface area contributed by atoms with E-state index in [0.29, 0.717) is 40.7 Å². The number of aromatic nitrogens is 1. The molecule has 2 aromatic carbocycles.